The maximum absolute atomic E-state index is 12.2. The van der Waals surface area contributed by atoms with Gasteiger partial charge in [0.1, 0.15) is 0 Å². The highest BCUT2D eigenvalue weighted by Gasteiger charge is 2.28. The summed E-state index contributed by atoms with van der Waals surface area (Å²) in [6.07, 6.45) is 5.12. The molecule has 0 aliphatic heterocycles. The van der Waals surface area contributed by atoms with Gasteiger partial charge in [0.2, 0.25) is 5.91 Å². The zero-order chi connectivity index (χ0) is 13.2. The van der Waals surface area contributed by atoms with Gasteiger partial charge in [-0.25, -0.2) is 0 Å². The first-order valence-electron chi connectivity index (χ1n) is 7.32. The average Bonchev–Trinajstić information content (AvgIpc) is 3.01. The number of nitrogens with two attached hydrogens (primary N) is 1. The summed E-state index contributed by atoms with van der Waals surface area (Å²) in [6.45, 7) is 0.805. The van der Waals surface area contributed by atoms with Crippen molar-refractivity contribution in [3.63, 3.8) is 0 Å². The first-order valence-corrected chi connectivity index (χ1v) is 7.32. The molecule has 3 nitrogen and oxygen atoms in total. The Labute approximate surface area is 114 Å². The molecular formula is C16H22N2O. The molecule has 1 aromatic rings. The van der Waals surface area contributed by atoms with Crippen molar-refractivity contribution in [3.05, 3.63) is 35.4 Å². The first kappa shape index (κ1) is 12.7. The van der Waals surface area contributed by atoms with E-state index >= 15 is 0 Å². The summed E-state index contributed by atoms with van der Waals surface area (Å²) in [7, 11) is 0. The van der Waals surface area contributed by atoms with Crippen LogP contribution in [0.25, 0.3) is 0 Å². The quantitative estimate of drug-likeness (QED) is 0.866. The van der Waals surface area contributed by atoms with Gasteiger partial charge in [-0.3, -0.25) is 4.79 Å². The molecule has 2 aliphatic carbocycles. The maximum atomic E-state index is 12.2. The summed E-state index contributed by atoms with van der Waals surface area (Å²) in [5.41, 5.74) is 8.58. The number of amides is 1. The highest BCUT2D eigenvalue weighted by Crippen LogP contribution is 2.27. The van der Waals surface area contributed by atoms with Crippen LogP contribution < -0.4 is 11.1 Å². The molecule has 0 aromatic heterocycles. The van der Waals surface area contributed by atoms with Crippen LogP contribution in [0.4, 0.5) is 0 Å². The number of carbonyl (C=O) groups excluding carboxylic acids is 1. The van der Waals surface area contributed by atoms with E-state index in [1.54, 1.807) is 0 Å². The molecular weight excluding hydrogens is 236 g/mol. The molecule has 19 heavy (non-hydrogen) atoms. The predicted octanol–water partition coefficient (Wildman–Crippen LogP) is 1.64. The van der Waals surface area contributed by atoms with Crippen molar-refractivity contribution in [3.8, 4) is 0 Å². The average molecular weight is 258 g/mol. The summed E-state index contributed by atoms with van der Waals surface area (Å²) in [4.78, 5) is 12.2. The van der Waals surface area contributed by atoms with Crippen molar-refractivity contribution < 1.29 is 4.79 Å². The molecule has 2 atom stereocenters. The molecule has 1 fully saturated rings. The van der Waals surface area contributed by atoms with Crippen molar-refractivity contribution in [2.45, 2.75) is 38.1 Å². The van der Waals surface area contributed by atoms with Crippen molar-refractivity contribution >= 4 is 5.91 Å². The van der Waals surface area contributed by atoms with Crippen LogP contribution >= 0.6 is 0 Å². The largest absolute Gasteiger partial charge is 0.356 e. The van der Waals surface area contributed by atoms with Crippen LogP contribution in [0.3, 0.4) is 0 Å². The Morgan fingerprint density at radius 1 is 1.21 bits per heavy atom. The fraction of sp³-hybridized carbons (Fsp3) is 0.562. The van der Waals surface area contributed by atoms with Crippen LogP contribution in [0.1, 0.15) is 30.4 Å². The topological polar surface area (TPSA) is 55.1 Å². The number of carbonyl (C=O) groups is 1. The third-order valence-corrected chi connectivity index (χ3v) is 4.57. The van der Waals surface area contributed by atoms with Gasteiger partial charge in [0.15, 0.2) is 0 Å². The van der Waals surface area contributed by atoms with E-state index in [1.165, 1.54) is 11.1 Å². The Kier molecular flexibility index (Phi) is 3.56. The smallest absolute Gasteiger partial charge is 0.223 e. The van der Waals surface area contributed by atoms with Gasteiger partial charge in [-0.05, 0) is 49.1 Å². The van der Waals surface area contributed by atoms with Crippen LogP contribution in [-0.2, 0) is 17.6 Å². The van der Waals surface area contributed by atoms with Gasteiger partial charge in [0, 0.05) is 18.5 Å². The zero-order valence-electron chi connectivity index (χ0n) is 11.3. The SMILES string of the molecule is NC1CCC(CNC(=O)C2Cc3ccccc3C2)C1. The van der Waals surface area contributed by atoms with Crippen LogP contribution in [0.2, 0.25) is 0 Å². The highest BCUT2D eigenvalue weighted by atomic mass is 16.1. The standard InChI is InChI=1S/C16H22N2O/c17-15-6-5-11(7-15)10-18-16(19)14-8-12-3-1-2-4-13(12)9-14/h1-4,11,14-15H,5-10,17H2,(H,18,19). The molecule has 3 N–H and O–H groups in total. The Balaban J connectivity index is 1.50. The Morgan fingerprint density at radius 3 is 2.47 bits per heavy atom. The number of nitrogens with one attached hydrogen (secondary N) is 1. The van der Waals surface area contributed by atoms with E-state index in [4.69, 9.17) is 5.73 Å². The van der Waals surface area contributed by atoms with E-state index in [1.807, 2.05) is 0 Å². The molecule has 0 radical (unpaired) electrons. The van der Waals surface area contributed by atoms with Gasteiger partial charge < -0.3 is 11.1 Å². The number of fused-ring (bicyclic) bond motifs is 1. The van der Waals surface area contributed by atoms with Gasteiger partial charge in [0.05, 0.1) is 0 Å². The molecule has 3 heteroatoms. The van der Waals surface area contributed by atoms with Crippen LogP contribution in [0, 0.1) is 11.8 Å². The number of hydrogen-bond donors (Lipinski definition) is 2. The lowest BCUT2D eigenvalue weighted by Gasteiger charge is -2.14. The Hall–Kier alpha value is -1.35. The minimum Gasteiger partial charge on any atom is -0.356 e. The fourth-order valence-electron chi connectivity index (χ4n) is 3.43. The summed E-state index contributed by atoms with van der Waals surface area (Å²) in [5.74, 6) is 0.937. The summed E-state index contributed by atoms with van der Waals surface area (Å²) in [5, 5.41) is 3.13. The molecule has 102 valence electrons. The monoisotopic (exact) mass is 258 g/mol. The number of rotatable bonds is 3. The molecule has 0 bridgehead atoms. The van der Waals surface area contributed by atoms with Gasteiger partial charge in [-0.2, -0.15) is 0 Å². The maximum Gasteiger partial charge on any atom is 0.223 e. The van der Waals surface area contributed by atoms with E-state index in [9.17, 15) is 4.79 Å². The third-order valence-electron chi connectivity index (χ3n) is 4.57. The minimum atomic E-state index is 0.132. The lowest BCUT2D eigenvalue weighted by Crippen LogP contribution is -2.34. The highest BCUT2D eigenvalue weighted by molar-refractivity contribution is 5.80. The van der Waals surface area contributed by atoms with E-state index in [2.05, 4.69) is 29.6 Å². The van der Waals surface area contributed by atoms with E-state index in [0.717, 1.165) is 38.6 Å². The normalized spacial score (nSPS) is 26.4. The second kappa shape index (κ2) is 5.33. The molecule has 0 saturated heterocycles. The van der Waals surface area contributed by atoms with Gasteiger partial charge in [-0.15, -0.1) is 0 Å². The molecule has 1 saturated carbocycles. The van der Waals surface area contributed by atoms with Crippen molar-refractivity contribution in [1.82, 2.24) is 5.32 Å². The van der Waals surface area contributed by atoms with E-state index < -0.39 is 0 Å². The fourth-order valence-corrected chi connectivity index (χ4v) is 3.43. The second-order valence-corrected chi connectivity index (χ2v) is 6.06. The molecule has 0 spiro atoms. The molecule has 1 aromatic carbocycles. The van der Waals surface area contributed by atoms with Crippen LogP contribution in [0.15, 0.2) is 24.3 Å². The van der Waals surface area contributed by atoms with Gasteiger partial charge in [0.25, 0.3) is 0 Å². The lowest BCUT2D eigenvalue weighted by molar-refractivity contribution is -0.124. The molecule has 0 heterocycles. The number of benzene rings is 1. The number of hydrogen-bond acceptors (Lipinski definition) is 2. The summed E-state index contributed by atoms with van der Waals surface area (Å²) >= 11 is 0. The molecule has 3 rings (SSSR count). The van der Waals surface area contributed by atoms with E-state index in [0.29, 0.717) is 12.0 Å². The molecule has 2 unspecified atom stereocenters. The Morgan fingerprint density at radius 2 is 1.89 bits per heavy atom. The van der Waals surface area contributed by atoms with Crippen molar-refractivity contribution in [2.75, 3.05) is 6.54 Å². The van der Waals surface area contributed by atoms with Crippen LogP contribution in [0.5, 0.6) is 0 Å². The molecule has 1 amide bonds. The predicted molar refractivity (Wildman–Crippen MR) is 75.7 cm³/mol. The summed E-state index contributed by atoms with van der Waals surface area (Å²) in [6, 6.07) is 8.73. The van der Waals surface area contributed by atoms with Crippen LogP contribution in [-0.4, -0.2) is 18.5 Å². The van der Waals surface area contributed by atoms with Gasteiger partial charge in [-0.1, -0.05) is 24.3 Å². The summed E-state index contributed by atoms with van der Waals surface area (Å²) < 4.78 is 0. The van der Waals surface area contributed by atoms with Gasteiger partial charge >= 0.3 is 0 Å². The van der Waals surface area contributed by atoms with E-state index in [-0.39, 0.29) is 11.8 Å². The lowest BCUT2D eigenvalue weighted by atomic mass is 10.0. The first-order chi connectivity index (χ1) is 9.22. The zero-order valence-corrected chi connectivity index (χ0v) is 11.3. The second-order valence-electron chi connectivity index (χ2n) is 6.06. The molecule has 2 aliphatic rings. The van der Waals surface area contributed by atoms with Crippen molar-refractivity contribution in [2.24, 2.45) is 17.6 Å². The Bertz CT molecular complexity index is 447. The minimum absolute atomic E-state index is 0.132. The third kappa shape index (κ3) is 2.81. The van der Waals surface area contributed by atoms with Crippen molar-refractivity contribution in [1.29, 1.82) is 0 Å².